The zero-order valence-electron chi connectivity index (χ0n) is 10.2. The fourth-order valence-corrected chi connectivity index (χ4v) is 2.13. The van der Waals surface area contributed by atoms with Crippen molar-refractivity contribution in [3.63, 3.8) is 0 Å². The van der Waals surface area contributed by atoms with E-state index in [2.05, 4.69) is 4.98 Å². The first-order chi connectivity index (χ1) is 8.61. The van der Waals surface area contributed by atoms with Gasteiger partial charge in [-0.3, -0.25) is 10.1 Å². The minimum Gasteiger partial charge on any atom is -0.384 e. The zero-order valence-corrected chi connectivity index (χ0v) is 10.2. The lowest BCUT2D eigenvalue weighted by Crippen LogP contribution is -2.37. The van der Waals surface area contributed by atoms with Crippen LogP contribution < -0.4 is 10.6 Å². The molecule has 0 saturated carbocycles. The molecule has 1 saturated heterocycles. The molecule has 1 aliphatic rings. The molecule has 98 valence electrons. The number of anilines is 2. The van der Waals surface area contributed by atoms with E-state index in [0.29, 0.717) is 24.7 Å². The Morgan fingerprint density at radius 3 is 2.72 bits per heavy atom. The highest BCUT2D eigenvalue weighted by molar-refractivity contribution is 5.61. The van der Waals surface area contributed by atoms with Crippen LogP contribution in [-0.4, -0.2) is 36.2 Å². The normalized spacial score (nSPS) is 16.8. The highest BCUT2D eigenvalue weighted by atomic mass is 16.6. The summed E-state index contributed by atoms with van der Waals surface area (Å²) in [6.07, 6.45) is 1.90. The first-order valence-corrected chi connectivity index (χ1v) is 5.80. The summed E-state index contributed by atoms with van der Waals surface area (Å²) in [6, 6.07) is 2.85. The molecule has 1 fully saturated rings. The predicted molar refractivity (Wildman–Crippen MR) is 67.5 cm³/mol. The molecule has 1 aromatic heterocycles. The summed E-state index contributed by atoms with van der Waals surface area (Å²) in [6.45, 7) is 1.38. The number of nitro groups is 1. The van der Waals surface area contributed by atoms with Gasteiger partial charge < -0.3 is 15.4 Å². The lowest BCUT2D eigenvalue weighted by atomic mass is 10.1. The zero-order chi connectivity index (χ0) is 13.1. The molecule has 2 N–H and O–H groups in total. The van der Waals surface area contributed by atoms with E-state index in [0.717, 1.165) is 12.8 Å². The van der Waals surface area contributed by atoms with Crippen molar-refractivity contribution in [2.75, 3.05) is 30.8 Å². The van der Waals surface area contributed by atoms with Crippen LogP contribution in [0.5, 0.6) is 0 Å². The second-order valence-electron chi connectivity index (χ2n) is 4.26. The molecule has 1 aliphatic heterocycles. The molecule has 0 bridgehead atoms. The molecule has 2 rings (SSSR count). The first kappa shape index (κ1) is 12.6. The first-order valence-electron chi connectivity index (χ1n) is 5.80. The van der Waals surface area contributed by atoms with Crippen molar-refractivity contribution in [3.05, 3.63) is 22.2 Å². The Labute approximate surface area is 105 Å². The van der Waals surface area contributed by atoms with Gasteiger partial charge in [0.2, 0.25) is 5.82 Å². The molecule has 0 unspecified atom stereocenters. The van der Waals surface area contributed by atoms with Crippen LogP contribution in [0.2, 0.25) is 0 Å². The molecule has 0 radical (unpaired) electrons. The van der Waals surface area contributed by atoms with Gasteiger partial charge in [0.1, 0.15) is 5.82 Å². The van der Waals surface area contributed by atoms with Gasteiger partial charge in [0, 0.05) is 26.3 Å². The highest BCUT2D eigenvalue weighted by Crippen LogP contribution is 2.29. The van der Waals surface area contributed by atoms with Gasteiger partial charge in [-0.15, -0.1) is 0 Å². The molecular formula is C11H16N4O3. The van der Waals surface area contributed by atoms with Gasteiger partial charge in [-0.05, 0) is 18.9 Å². The maximum atomic E-state index is 11.0. The van der Waals surface area contributed by atoms with Gasteiger partial charge >= 0.3 is 5.69 Å². The number of hydrogen-bond acceptors (Lipinski definition) is 6. The molecule has 0 amide bonds. The molecule has 18 heavy (non-hydrogen) atoms. The summed E-state index contributed by atoms with van der Waals surface area (Å²) in [5.41, 5.74) is 5.60. The number of rotatable bonds is 3. The molecule has 2 heterocycles. The Morgan fingerprint density at radius 1 is 1.50 bits per heavy atom. The maximum absolute atomic E-state index is 11.0. The third-order valence-electron chi connectivity index (χ3n) is 3.15. The van der Waals surface area contributed by atoms with Gasteiger partial charge in [-0.2, -0.15) is 0 Å². The number of nitrogen functional groups attached to an aromatic ring is 1. The molecule has 7 heteroatoms. The largest absolute Gasteiger partial charge is 0.384 e. The number of pyridine rings is 1. The van der Waals surface area contributed by atoms with E-state index in [1.165, 1.54) is 12.1 Å². The van der Waals surface area contributed by atoms with Crippen molar-refractivity contribution in [2.24, 2.45) is 0 Å². The summed E-state index contributed by atoms with van der Waals surface area (Å²) >= 11 is 0. The average Bonchev–Trinajstić information content (AvgIpc) is 2.38. The van der Waals surface area contributed by atoms with E-state index in [1.807, 2.05) is 4.90 Å². The van der Waals surface area contributed by atoms with E-state index in [4.69, 9.17) is 10.5 Å². The molecule has 0 aromatic carbocycles. The number of ether oxygens (including phenoxy) is 1. The fourth-order valence-electron chi connectivity index (χ4n) is 2.13. The Bertz CT molecular complexity index is 444. The Kier molecular flexibility index (Phi) is 3.61. The van der Waals surface area contributed by atoms with E-state index in [-0.39, 0.29) is 11.8 Å². The van der Waals surface area contributed by atoms with E-state index in [9.17, 15) is 10.1 Å². The Morgan fingerprint density at radius 2 is 2.17 bits per heavy atom. The van der Waals surface area contributed by atoms with Crippen LogP contribution in [0.25, 0.3) is 0 Å². The number of nitrogens with two attached hydrogens (primary N) is 1. The van der Waals surface area contributed by atoms with Gasteiger partial charge in [0.25, 0.3) is 0 Å². The minimum absolute atomic E-state index is 0.0000619. The molecule has 0 atom stereocenters. The predicted octanol–water partition coefficient (Wildman–Crippen LogP) is 1.19. The SMILES string of the molecule is COC1CCN(c2nc(N)ccc2[N+](=O)[O-])CC1. The van der Waals surface area contributed by atoms with Crippen molar-refractivity contribution >= 4 is 17.3 Å². The number of methoxy groups -OCH3 is 1. The third-order valence-corrected chi connectivity index (χ3v) is 3.15. The summed E-state index contributed by atoms with van der Waals surface area (Å²) in [5.74, 6) is 0.652. The standard InChI is InChI=1S/C11H16N4O3/c1-18-8-4-6-14(7-5-8)11-9(15(16)17)2-3-10(12)13-11/h2-3,8H,4-7H2,1H3,(H2,12,13). The van der Waals surface area contributed by atoms with Crippen molar-refractivity contribution in [1.82, 2.24) is 4.98 Å². The lowest BCUT2D eigenvalue weighted by Gasteiger charge is -2.31. The summed E-state index contributed by atoms with van der Waals surface area (Å²) in [4.78, 5) is 16.5. The number of hydrogen-bond donors (Lipinski definition) is 1. The Hall–Kier alpha value is -1.89. The second kappa shape index (κ2) is 5.18. The molecule has 0 aliphatic carbocycles. The van der Waals surface area contributed by atoms with Crippen LogP contribution in [-0.2, 0) is 4.74 Å². The van der Waals surface area contributed by atoms with Crippen LogP contribution in [0.4, 0.5) is 17.3 Å². The van der Waals surface area contributed by atoms with Crippen molar-refractivity contribution in [2.45, 2.75) is 18.9 Å². The van der Waals surface area contributed by atoms with Crippen molar-refractivity contribution in [1.29, 1.82) is 0 Å². The van der Waals surface area contributed by atoms with Crippen LogP contribution in [0, 0.1) is 10.1 Å². The van der Waals surface area contributed by atoms with Crippen LogP contribution in [0.3, 0.4) is 0 Å². The van der Waals surface area contributed by atoms with Crippen molar-refractivity contribution in [3.8, 4) is 0 Å². The summed E-state index contributed by atoms with van der Waals surface area (Å²) in [7, 11) is 1.68. The number of piperidine rings is 1. The molecule has 7 nitrogen and oxygen atoms in total. The molecule has 0 spiro atoms. The fraction of sp³-hybridized carbons (Fsp3) is 0.545. The number of aromatic nitrogens is 1. The van der Waals surface area contributed by atoms with E-state index in [1.54, 1.807) is 7.11 Å². The van der Waals surface area contributed by atoms with Gasteiger partial charge in [-0.25, -0.2) is 4.98 Å². The van der Waals surface area contributed by atoms with Crippen LogP contribution >= 0.6 is 0 Å². The molecule has 1 aromatic rings. The summed E-state index contributed by atoms with van der Waals surface area (Å²) in [5, 5.41) is 11.0. The van der Waals surface area contributed by atoms with Crippen LogP contribution in [0.15, 0.2) is 12.1 Å². The van der Waals surface area contributed by atoms with Crippen molar-refractivity contribution < 1.29 is 9.66 Å². The average molecular weight is 252 g/mol. The van der Waals surface area contributed by atoms with E-state index >= 15 is 0 Å². The number of nitrogens with zero attached hydrogens (tertiary/aromatic N) is 3. The Balaban J connectivity index is 2.22. The van der Waals surface area contributed by atoms with Crippen LogP contribution in [0.1, 0.15) is 12.8 Å². The monoisotopic (exact) mass is 252 g/mol. The smallest absolute Gasteiger partial charge is 0.311 e. The topological polar surface area (TPSA) is 94.5 Å². The van der Waals surface area contributed by atoms with E-state index < -0.39 is 4.92 Å². The minimum atomic E-state index is -0.426. The maximum Gasteiger partial charge on any atom is 0.311 e. The third kappa shape index (κ3) is 2.51. The second-order valence-corrected chi connectivity index (χ2v) is 4.26. The van der Waals surface area contributed by atoms with Gasteiger partial charge in [-0.1, -0.05) is 0 Å². The highest BCUT2D eigenvalue weighted by Gasteiger charge is 2.26. The molecular weight excluding hydrogens is 236 g/mol. The van der Waals surface area contributed by atoms with Gasteiger partial charge in [0.05, 0.1) is 11.0 Å². The quantitative estimate of drug-likeness (QED) is 0.641. The summed E-state index contributed by atoms with van der Waals surface area (Å²) < 4.78 is 5.27. The lowest BCUT2D eigenvalue weighted by molar-refractivity contribution is -0.384. The van der Waals surface area contributed by atoms with Gasteiger partial charge in [0.15, 0.2) is 0 Å².